The zero-order chi connectivity index (χ0) is 19.1. The molecule has 0 unspecified atom stereocenters. The van der Waals surface area contributed by atoms with Gasteiger partial charge in [-0.25, -0.2) is 0 Å². The predicted octanol–water partition coefficient (Wildman–Crippen LogP) is 3.57. The maximum atomic E-state index is 12.5. The first kappa shape index (κ1) is 18.1. The van der Waals surface area contributed by atoms with Gasteiger partial charge in [-0.3, -0.25) is 4.79 Å². The zero-order valence-electron chi connectivity index (χ0n) is 14.6. The Hall–Kier alpha value is -3.72. The van der Waals surface area contributed by atoms with Crippen LogP contribution in [0.15, 0.2) is 60.7 Å². The van der Waals surface area contributed by atoms with E-state index in [9.17, 15) is 10.1 Å². The largest absolute Gasteiger partial charge is 0.489 e. The molecule has 6 heteroatoms. The predicted molar refractivity (Wildman–Crippen MR) is 102 cm³/mol. The first-order valence-electron chi connectivity index (χ1n) is 8.37. The van der Waals surface area contributed by atoms with Crippen LogP contribution in [-0.2, 0) is 4.79 Å². The van der Waals surface area contributed by atoms with Crippen LogP contribution in [0.4, 0.5) is 5.69 Å². The number of amides is 1. The van der Waals surface area contributed by atoms with Crippen molar-refractivity contribution < 1.29 is 19.0 Å². The molecule has 0 aromatic heterocycles. The van der Waals surface area contributed by atoms with Gasteiger partial charge in [0.2, 0.25) is 0 Å². The highest BCUT2D eigenvalue weighted by molar-refractivity contribution is 6.10. The molecular formula is C21H18N2O4. The lowest BCUT2D eigenvalue weighted by molar-refractivity contribution is -0.112. The standard InChI is InChI=1S/C21H18N2O4/c1-2-9-25-18-6-4-3-5-15(18)12-16(14-22)21(24)23-17-7-8-19-20(13-17)27-11-10-26-19/h2-8,12-13H,1,9-11H2,(H,23,24)/b16-12-. The van der Waals surface area contributed by atoms with Gasteiger partial charge in [-0.1, -0.05) is 30.9 Å². The van der Waals surface area contributed by atoms with E-state index in [1.807, 2.05) is 12.1 Å². The third-order valence-electron chi connectivity index (χ3n) is 3.74. The van der Waals surface area contributed by atoms with Gasteiger partial charge in [0, 0.05) is 17.3 Å². The molecule has 27 heavy (non-hydrogen) atoms. The zero-order valence-corrected chi connectivity index (χ0v) is 14.6. The van der Waals surface area contributed by atoms with Gasteiger partial charge in [-0.2, -0.15) is 5.26 Å². The molecule has 3 rings (SSSR count). The third-order valence-corrected chi connectivity index (χ3v) is 3.74. The van der Waals surface area contributed by atoms with Crippen LogP contribution in [0.25, 0.3) is 6.08 Å². The number of nitriles is 1. The SMILES string of the molecule is C=CCOc1ccccc1/C=C(/C#N)C(=O)Nc1ccc2c(c1)OCCO2. The number of carbonyl (C=O) groups is 1. The molecule has 0 aliphatic carbocycles. The number of carbonyl (C=O) groups excluding carboxylic acids is 1. The number of ether oxygens (including phenoxy) is 3. The van der Waals surface area contributed by atoms with Crippen LogP contribution in [0, 0.1) is 11.3 Å². The van der Waals surface area contributed by atoms with E-state index in [0.717, 1.165) is 0 Å². The average molecular weight is 362 g/mol. The number of rotatable bonds is 6. The smallest absolute Gasteiger partial charge is 0.266 e. The Kier molecular flexibility index (Phi) is 5.75. The minimum Gasteiger partial charge on any atom is -0.489 e. The molecule has 1 heterocycles. The summed E-state index contributed by atoms with van der Waals surface area (Å²) in [6.07, 6.45) is 3.12. The lowest BCUT2D eigenvalue weighted by Crippen LogP contribution is -2.17. The molecule has 6 nitrogen and oxygen atoms in total. The number of para-hydroxylation sites is 1. The Morgan fingerprint density at radius 1 is 1.22 bits per heavy atom. The number of nitrogens with zero attached hydrogens (tertiary/aromatic N) is 1. The number of anilines is 1. The molecular weight excluding hydrogens is 344 g/mol. The van der Waals surface area contributed by atoms with Crippen molar-refractivity contribution in [3.05, 3.63) is 66.3 Å². The van der Waals surface area contributed by atoms with Gasteiger partial charge < -0.3 is 19.5 Å². The van der Waals surface area contributed by atoms with Crippen molar-refractivity contribution in [2.24, 2.45) is 0 Å². The number of nitrogens with one attached hydrogen (secondary N) is 1. The monoisotopic (exact) mass is 362 g/mol. The van der Waals surface area contributed by atoms with Gasteiger partial charge >= 0.3 is 0 Å². The Labute approximate surface area is 157 Å². The summed E-state index contributed by atoms with van der Waals surface area (Å²) in [7, 11) is 0. The Bertz CT molecular complexity index is 928. The molecule has 0 fully saturated rings. The van der Waals surface area contributed by atoms with E-state index in [0.29, 0.717) is 48.3 Å². The van der Waals surface area contributed by atoms with E-state index >= 15 is 0 Å². The van der Waals surface area contributed by atoms with Crippen molar-refractivity contribution in [2.45, 2.75) is 0 Å². The highest BCUT2D eigenvalue weighted by Crippen LogP contribution is 2.32. The normalized spacial score (nSPS) is 12.6. The lowest BCUT2D eigenvalue weighted by Gasteiger charge is -2.18. The van der Waals surface area contributed by atoms with Crippen LogP contribution in [0.2, 0.25) is 0 Å². The van der Waals surface area contributed by atoms with E-state index in [1.165, 1.54) is 6.08 Å². The fourth-order valence-electron chi connectivity index (χ4n) is 2.50. The average Bonchev–Trinajstić information content (AvgIpc) is 2.71. The van der Waals surface area contributed by atoms with Crippen molar-refractivity contribution in [3.63, 3.8) is 0 Å². The first-order valence-corrected chi connectivity index (χ1v) is 8.37. The van der Waals surface area contributed by atoms with Gasteiger partial charge in [0.05, 0.1) is 0 Å². The van der Waals surface area contributed by atoms with Crippen molar-refractivity contribution in [3.8, 4) is 23.3 Å². The van der Waals surface area contributed by atoms with Gasteiger partial charge in [0.25, 0.3) is 5.91 Å². The number of fused-ring (bicyclic) bond motifs is 1. The second-order valence-electron chi connectivity index (χ2n) is 5.62. The molecule has 0 bridgehead atoms. The fraction of sp³-hybridized carbons (Fsp3) is 0.143. The van der Waals surface area contributed by atoms with E-state index in [1.54, 1.807) is 42.5 Å². The molecule has 0 atom stereocenters. The Balaban J connectivity index is 1.80. The van der Waals surface area contributed by atoms with E-state index in [2.05, 4.69) is 11.9 Å². The highest BCUT2D eigenvalue weighted by atomic mass is 16.6. The summed E-state index contributed by atoms with van der Waals surface area (Å²) in [5, 5.41) is 12.1. The topological polar surface area (TPSA) is 80.6 Å². The van der Waals surface area contributed by atoms with E-state index in [-0.39, 0.29) is 5.57 Å². The molecule has 0 spiro atoms. The first-order chi connectivity index (χ1) is 13.2. The number of hydrogen-bond acceptors (Lipinski definition) is 5. The van der Waals surface area contributed by atoms with Gasteiger partial charge in [0.15, 0.2) is 11.5 Å². The summed E-state index contributed by atoms with van der Waals surface area (Å²) in [4.78, 5) is 12.5. The number of hydrogen-bond donors (Lipinski definition) is 1. The van der Waals surface area contributed by atoms with Gasteiger partial charge in [-0.05, 0) is 24.3 Å². The van der Waals surface area contributed by atoms with Crippen molar-refractivity contribution >= 4 is 17.7 Å². The molecule has 1 N–H and O–H groups in total. The molecule has 1 aliphatic heterocycles. The van der Waals surface area contributed by atoms with Crippen LogP contribution in [0.5, 0.6) is 17.2 Å². The van der Waals surface area contributed by atoms with Crippen molar-refractivity contribution in [1.29, 1.82) is 5.26 Å². The van der Waals surface area contributed by atoms with Crippen LogP contribution in [-0.4, -0.2) is 25.7 Å². The summed E-state index contributed by atoms with van der Waals surface area (Å²) in [6.45, 7) is 4.89. The summed E-state index contributed by atoms with van der Waals surface area (Å²) >= 11 is 0. The molecule has 2 aromatic rings. The van der Waals surface area contributed by atoms with Gasteiger partial charge in [-0.15, -0.1) is 0 Å². The van der Waals surface area contributed by atoms with Crippen molar-refractivity contribution in [2.75, 3.05) is 25.1 Å². The van der Waals surface area contributed by atoms with Gasteiger partial charge in [0.1, 0.15) is 37.2 Å². The minimum absolute atomic E-state index is 0.0421. The molecule has 0 saturated heterocycles. The maximum absolute atomic E-state index is 12.5. The lowest BCUT2D eigenvalue weighted by atomic mass is 10.1. The second kappa shape index (κ2) is 8.59. The highest BCUT2D eigenvalue weighted by Gasteiger charge is 2.15. The van der Waals surface area contributed by atoms with E-state index < -0.39 is 5.91 Å². The van der Waals surface area contributed by atoms with Crippen LogP contribution in [0.1, 0.15) is 5.56 Å². The molecule has 2 aromatic carbocycles. The second-order valence-corrected chi connectivity index (χ2v) is 5.62. The van der Waals surface area contributed by atoms with Crippen LogP contribution in [0.3, 0.4) is 0 Å². The Morgan fingerprint density at radius 2 is 2.00 bits per heavy atom. The Morgan fingerprint density at radius 3 is 2.78 bits per heavy atom. The summed E-state index contributed by atoms with van der Waals surface area (Å²) in [6, 6.07) is 14.2. The fourth-order valence-corrected chi connectivity index (χ4v) is 2.50. The molecule has 0 saturated carbocycles. The maximum Gasteiger partial charge on any atom is 0.266 e. The molecule has 1 aliphatic rings. The quantitative estimate of drug-likeness (QED) is 0.483. The third kappa shape index (κ3) is 4.47. The molecule has 136 valence electrons. The molecule has 0 radical (unpaired) electrons. The number of benzene rings is 2. The van der Waals surface area contributed by atoms with Crippen molar-refractivity contribution in [1.82, 2.24) is 0 Å². The molecule has 1 amide bonds. The summed E-state index contributed by atoms with van der Waals surface area (Å²) in [5.41, 5.74) is 1.11. The van der Waals surface area contributed by atoms with E-state index in [4.69, 9.17) is 14.2 Å². The van der Waals surface area contributed by atoms with Crippen LogP contribution < -0.4 is 19.5 Å². The summed E-state index contributed by atoms with van der Waals surface area (Å²) in [5.74, 6) is 1.23. The van der Waals surface area contributed by atoms with Crippen LogP contribution >= 0.6 is 0 Å². The minimum atomic E-state index is -0.521. The summed E-state index contributed by atoms with van der Waals surface area (Å²) < 4.78 is 16.5.